The molecule has 4 nitrogen and oxygen atoms in total. The van der Waals surface area contributed by atoms with Gasteiger partial charge in [-0.2, -0.15) is 5.26 Å². The molecule has 0 aliphatic heterocycles. The van der Waals surface area contributed by atoms with Crippen LogP contribution in [0.5, 0.6) is 0 Å². The minimum absolute atomic E-state index is 0.535. The Labute approximate surface area is 136 Å². The molecule has 0 saturated heterocycles. The Morgan fingerprint density at radius 1 is 1.22 bits per heavy atom. The predicted octanol–water partition coefficient (Wildman–Crippen LogP) is 3.86. The average Bonchev–Trinajstić information content (AvgIpc) is 2.84. The van der Waals surface area contributed by atoms with Gasteiger partial charge >= 0.3 is 0 Å². The third-order valence-electron chi connectivity index (χ3n) is 3.82. The summed E-state index contributed by atoms with van der Waals surface area (Å²) in [5.41, 5.74) is 4.83. The summed E-state index contributed by atoms with van der Waals surface area (Å²) < 4.78 is 2.19. The Morgan fingerprint density at radius 3 is 2.61 bits per heavy atom. The summed E-state index contributed by atoms with van der Waals surface area (Å²) in [5, 5.41) is 8.92. The van der Waals surface area contributed by atoms with Crippen molar-refractivity contribution >= 4 is 11.2 Å². The summed E-state index contributed by atoms with van der Waals surface area (Å²) in [5.74, 6) is 1.60. The maximum absolute atomic E-state index is 8.92. The van der Waals surface area contributed by atoms with Crippen LogP contribution in [-0.2, 0) is 13.0 Å². The molecular weight excluding hydrogens is 284 g/mol. The highest BCUT2D eigenvalue weighted by molar-refractivity contribution is 5.72. The fourth-order valence-corrected chi connectivity index (χ4v) is 2.71. The predicted molar refractivity (Wildman–Crippen MR) is 91.1 cm³/mol. The Morgan fingerprint density at radius 2 is 1.96 bits per heavy atom. The van der Waals surface area contributed by atoms with Crippen LogP contribution >= 0.6 is 0 Å². The number of aryl methyl sites for hydroxylation is 1. The van der Waals surface area contributed by atoms with Crippen LogP contribution in [0.2, 0.25) is 0 Å². The van der Waals surface area contributed by atoms with E-state index >= 15 is 0 Å². The van der Waals surface area contributed by atoms with Gasteiger partial charge in [-0.25, -0.2) is 9.97 Å². The average molecular weight is 304 g/mol. The summed E-state index contributed by atoms with van der Waals surface area (Å²) in [6.07, 6.45) is 2.81. The van der Waals surface area contributed by atoms with Gasteiger partial charge in [0.2, 0.25) is 0 Å². The summed E-state index contributed by atoms with van der Waals surface area (Å²) in [6.45, 7) is 7.16. The Kier molecular flexibility index (Phi) is 4.12. The van der Waals surface area contributed by atoms with Crippen molar-refractivity contribution in [2.24, 2.45) is 5.92 Å². The third kappa shape index (κ3) is 3.24. The van der Waals surface area contributed by atoms with Gasteiger partial charge in [-0.1, -0.05) is 26.0 Å². The lowest BCUT2D eigenvalue weighted by molar-refractivity contribution is 0.594. The van der Waals surface area contributed by atoms with E-state index in [1.165, 1.54) is 0 Å². The van der Waals surface area contributed by atoms with Crippen LogP contribution in [0.4, 0.5) is 0 Å². The zero-order valence-electron chi connectivity index (χ0n) is 13.7. The standard InChI is InChI=1S/C19H20N4/c1-13(2)8-18-22-17-9-14(3)11-21-19(17)23(18)12-16-6-4-15(10-20)5-7-16/h4-7,9,11,13H,8,12H2,1-3H3. The lowest BCUT2D eigenvalue weighted by Crippen LogP contribution is -2.08. The molecule has 0 unspecified atom stereocenters. The molecule has 0 amide bonds. The van der Waals surface area contributed by atoms with Crippen LogP contribution in [0.3, 0.4) is 0 Å². The molecule has 0 radical (unpaired) electrons. The SMILES string of the molecule is Cc1cnc2c(c1)nc(CC(C)C)n2Cc1ccc(C#N)cc1. The fourth-order valence-electron chi connectivity index (χ4n) is 2.71. The van der Waals surface area contributed by atoms with Crippen LogP contribution < -0.4 is 0 Å². The number of imidazole rings is 1. The van der Waals surface area contributed by atoms with Crippen LogP contribution in [-0.4, -0.2) is 14.5 Å². The molecule has 1 aromatic carbocycles. The number of aromatic nitrogens is 3. The molecule has 0 atom stereocenters. The smallest absolute Gasteiger partial charge is 0.160 e. The molecule has 0 saturated carbocycles. The van der Waals surface area contributed by atoms with Crippen LogP contribution in [0.1, 0.15) is 36.4 Å². The van der Waals surface area contributed by atoms with Gasteiger partial charge < -0.3 is 4.57 Å². The molecule has 0 fully saturated rings. The van der Waals surface area contributed by atoms with E-state index in [9.17, 15) is 0 Å². The van der Waals surface area contributed by atoms with E-state index in [0.29, 0.717) is 11.5 Å². The molecule has 2 heterocycles. The molecular formula is C19H20N4. The van der Waals surface area contributed by atoms with Crippen LogP contribution in [0, 0.1) is 24.2 Å². The van der Waals surface area contributed by atoms with Crippen molar-refractivity contribution in [1.82, 2.24) is 14.5 Å². The molecule has 0 N–H and O–H groups in total. The first-order valence-corrected chi connectivity index (χ1v) is 7.87. The van der Waals surface area contributed by atoms with Gasteiger partial charge in [0.05, 0.1) is 18.2 Å². The van der Waals surface area contributed by atoms with Crippen molar-refractivity contribution in [3.05, 3.63) is 59.0 Å². The zero-order valence-corrected chi connectivity index (χ0v) is 13.7. The van der Waals surface area contributed by atoms with Gasteiger partial charge in [-0.05, 0) is 42.2 Å². The van der Waals surface area contributed by atoms with E-state index in [4.69, 9.17) is 10.2 Å². The van der Waals surface area contributed by atoms with E-state index in [2.05, 4.69) is 35.5 Å². The second kappa shape index (κ2) is 6.21. The second-order valence-electron chi connectivity index (χ2n) is 6.38. The number of rotatable bonds is 4. The summed E-state index contributed by atoms with van der Waals surface area (Å²) in [7, 11) is 0. The van der Waals surface area contributed by atoms with Crippen molar-refractivity contribution in [1.29, 1.82) is 5.26 Å². The molecule has 4 heteroatoms. The lowest BCUT2D eigenvalue weighted by Gasteiger charge is -2.10. The summed E-state index contributed by atoms with van der Waals surface area (Å²) in [4.78, 5) is 9.38. The molecule has 0 bridgehead atoms. The Balaban J connectivity index is 2.04. The largest absolute Gasteiger partial charge is 0.308 e. The van der Waals surface area contributed by atoms with Crippen molar-refractivity contribution in [2.45, 2.75) is 33.7 Å². The Hall–Kier alpha value is -2.67. The van der Waals surface area contributed by atoms with Crippen molar-refractivity contribution in [3.8, 4) is 6.07 Å². The normalized spacial score (nSPS) is 11.1. The van der Waals surface area contributed by atoms with Crippen molar-refractivity contribution in [2.75, 3.05) is 0 Å². The Bertz CT molecular complexity index is 867. The quantitative estimate of drug-likeness (QED) is 0.735. The molecule has 0 spiro atoms. The lowest BCUT2D eigenvalue weighted by atomic mass is 10.1. The van der Waals surface area contributed by atoms with Crippen LogP contribution in [0.15, 0.2) is 36.5 Å². The van der Waals surface area contributed by atoms with E-state index in [1.807, 2.05) is 37.4 Å². The molecule has 2 aromatic heterocycles. The second-order valence-corrected chi connectivity index (χ2v) is 6.38. The van der Waals surface area contributed by atoms with Gasteiger partial charge in [0.15, 0.2) is 5.65 Å². The monoisotopic (exact) mass is 304 g/mol. The van der Waals surface area contributed by atoms with E-state index in [-0.39, 0.29) is 0 Å². The fraction of sp³-hybridized carbons (Fsp3) is 0.316. The van der Waals surface area contributed by atoms with Crippen LogP contribution in [0.25, 0.3) is 11.2 Å². The number of fused-ring (bicyclic) bond motifs is 1. The number of benzene rings is 1. The highest BCUT2D eigenvalue weighted by Crippen LogP contribution is 2.19. The van der Waals surface area contributed by atoms with Gasteiger partial charge in [-0.15, -0.1) is 0 Å². The minimum atomic E-state index is 0.535. The molecule has 23 heavy (non-hydrogen) atoms. The maximum atomic E-state index is 8.92. The number of hydrogen-bond donors (Lipinski definition) is 0. The summed E-state index contributed by atoms with van der Waals surface area (Å²) >= 11 is 0. The molecule has 3 rings (SSSR count). The third-order valence-corrected chi connectivity index (χ3v) is 3.82. The van der Waals surface area contributed by atoms with E-state index < -0.39 is 0 Å². The maximum Gasteiger partial charge on any atom is 0.160 e. The van der Waals surface area contributed by atoms with Gasteiger partial charge in [0, 0.05) is 12.6 Å². The zero-order chi connectivity index (χ0) is 16.4. The summed E-state index contributed by atoms with van der Waals surface area (Å²) in [6, 6.07) is 11.9. The van der Waals surface area contributed by atoms with Gasteiger partial charge in [0.1, 0.15) is 11.3 Å². The molecule has 3 aromatic rings. The minimum Gasteiger partial charge on any atom is -0.308 e. The molecule has 0 aliphatic rings. The highest BCUT2D eigenvalue weighted by atomic mass is 15.1. The topological polar surface area (TPSA) is 54.5 Å². The first-order chi connectivity index (χ1) is 11.1. The highest BCUT2D eigenvalue weighted by Gasteiger charge is 2.13. The molecule has 0 aliphatic carbocycles. The van der Waals surface area contributed by atoms with Crippen molar-refractivity contribution < 1.29 is 0 Å². The van der Waals surface area contributed by atoms with E-state index in [1.54, 1.807) is 0 Å². The number of pyridine rings is 1. The van der Waals surface area contributed by atoms with Crippen molar-refractivity contribution in [3.63, 3.8) is 0 Å². The first-order valence-electron chi connectivity index (χ1n) is 7.87. The number of hydrogen-bond acceptors (Lipinski definition) is 3. The van der Waals surface area contributed by atoms with Gasteiger partial charge in [0.25, 0.3) is 0 Å². The van der Waals surface area contributed by atoms with E-state index in [0.717, 1.165) is 41.1 Å². The first kappa shape index (κ1) is 15.2. The number of nitriles is 1. The van der Waals surface area contributed by atoms with Gasteiger partial charge in [-0.3, -0.25) is 0 Å². The number of nitrogens with zero attached hydrogens (tertiary/aromatic N) is 4. The molecule has 116 valence electrons.